The van der Waals surface area contributed by atoms with Crippen LogP contribution in [0.1, 0.15) is 50.3 Å². The Bertz CT molecular complexity index is 1070. The van der Waals surface area contributed by atoms with Gasteiger partial charge in [0.1, 0.15) is 5.78 Å². The van der Waals surface area contributed by atoms with Crippen molar-refractivity contribution in [2.45, 2.75) is 76.7 Å². The second-order valence-corrected chi connectivity index (χ2v) is 13.7. The lowest BCUT2D eigenvalue weighted by atomic mass is 9.54. The van der Waals surface area contributed by atoms with E-state index in [1.807, 2.05) is 6.92 Å². The van der Waals surface area contributed by atoms with Gasteiger partial charge in [-0.25, -0.2) is 0 Å². The second kappa shape index (κ2) is 11.3. The second-order valence-electron chi connectivity index (χ2n) is 12.2. The first kappa shape index (κ1) is 29.1. The van der Waals surface area contributed by atoms with Gasteiger partial charge in [-0.15, -0.1) is 0 Å². The van der Waals surface area contributed by atoms with Gasteiger partial charge in [0.15, 0.2) is 0 Å². The molecule has 10 atom stereocenters. The number of aliphatic hydroxyl groups is 1. The zero-order valence-corrected chi connectivity index (χ0v) is 24.6. The highest BCUT2D eigenvalue weighted by molar-refractivity contribution is 8.00. The number of carbonyl (C=O) groups excluding carboxylic acids is 2. The number of Topliss-reactive ketones (excluding diaryl/α,β-unsaturated/α-hetero) is 1. The highest BCUT2D eigenvalue weighted by atomic mass is 32.2. The van der Waals surface area contributed by atoms with Gasteiger partial charge >= 0.3 is 5.97 Å². The fourth-order valence-electron chi connectivity index (χ4n) is 7.45. The van der Waals surface area contributed by atoms with Crippen molar-refractivity contribution in [2.75, 3.05) is 20.6 Å². The fraction of sp³-hybridized carbons (Fsp3) is 0.700. The third-order valence-electron chi connectivity index (χ3n) is 9.77. The van der Waals surface area contributed by atoms with Crippen LogP contribution in [0.15, 0.2) is 18.2 Å². The first-order chi connectivity index (χ1) is 17.8. The number of aliphatic carboxylic acids is 1. The average molecular weight is 545 g/mol. The Hall–Kier alpha value is -1.90. The highest BCUT2D eigenvalue weighted by Crippen LogP contribution is 2.55. The molecule has 7 nitrogen and oxygen atoms in total. The number of fused-ring (bicyclic) bond motifs is 2. The van der Waals surface area contributed by atoms with Crippen LogP contribution in [-0.2, 0) is 20.9 Å². The molecule has 2 bridgehead atoms. The predicted molar refractivity (Wildman–Crippen MR) is 150 cm³/mol. The zero-order valence-electron chi connectivity index (χ0n) is 23.8. The molecular weight excluding hydrogens is 500 g/mol. The van der Waals surface area contributed by atoms with E-state index < -0.39 is 23.9 Å². The van der Waals surface area contributed by atoms with Gasteiger partial charge in [-0.1, -0.05) is 32.0 Å². The number of hydrogen-bond acceptors (Lipinski definition) is 6. The Morgan fingerprint density at radius 3 is 2.45 bits per heavy atom. The molecule has 0 spiro atoms. The van der Waals surface area contributed by atoms with Crippen LogP contribution in [0.3, 0.4) is 0 Å². The highest BCUT2D eigenvalue weighted by Gasteiger charge is 2.57. The number of aliphatic hydroxyl groups excluding tert-OH is 1. The van der Waals surface area contributed by atoms with E-state index in [0.717, 1.165) is 0 Å². The van der Waals surface area contributed by atoms with Gasteiger partial charge in [-0.05, 0) is 68.1 Å². The molecule has 2 aliphatic carbocycles. The Morgan fingerprint density at radius 1 is 1.16 bits per heavy atom. The van der Waals surface area contributed by atoms with Crippen molar-refractivity contribution in [1.82, 2.24) is 9.80 Å². The van der Waals surface area contributed by atoms with Crippen molar-refractivity contribution >= 4 is 29.4 Å². The fourth-order valence-corrected chi connectivity index (χ4v) is 9.40. The molecule has 2 N–H and O–H groups in total. The summed E-state index contributed by atoms with van der Waals surface area (Å²) in [6, 6.07) is 6.03. The topological polar surface area (TPSA) is 98.1 Å². The van der Waals surface area contributed by atoms with Crippen LogP contribution in [0, 0.1) is 49.4 Å². The Labute approximate surface area is 231 Å². The van der Waals surface area contributed by atoms with Crippen LogP contribution < -0.4 is 0 Å². The molecule has 1 aromatic carbocycles. The predicted octanol–water partition coefficient (Wildman–Crippen LogP) is 3.63. The number of ketones is 1. The number of carboxylic acids is 1. The minimum absolute atomic E-state index is 0.0139. The summed E-state index contributed by atoms with van der Waals surface area (Å²) in [7, 11) is 3.58. The Morgan fingerprint density at radius 2 is 1.84 bits per heavy atom. The summed E-state index contributed by atoms with van der Waals surface area (Å²) in [5, 5.41) is 20.8. The maximum Gasteiger partial charge on any atom is 0.307 e. The van der Waals surface area contributed by atoms with E-state index >= 15 is 0 Å². The summed E-state index contributed by atoms with van der Waals surface area (Å²) in [6.45, 7) is 11.2. The number of nitrogens with zero attached hydrogens (tertiary/aromatic N) is 2. The number of hydrogen-bond donors (Lipinski definition) is 2. The number of likely N-dealkylation sites (N-methyl/N-ethyl adjacent to an activating group) is 1. The van der Waals surface area contributed by atoms with E-state index in [1.165, 1.54) is 16.7 Å². The minimum atomic E-state index is -0.834. The van der Waals surface area contributed by atoms with Crippen molar-refractivity contribution in [2.24, 2.45) is 35.5 Å². The van der Waals surface area contributed by atoms with Crippen LogP contribution in [0.5, 0.6) is 0 Å². The quantitative estimate of drug-likeness (QED) is 0.541. The van der Waals surface area contributed by atoms with Crippen molar-refractivity contribution in [3.8, 4) is 0 Å². The normalized spacial score (nSPS) is 36.2. The van der Waals surface area contributed by atoms with Crippen LogP contribution in [0.4, 0.5) is 0 Å². The van der Waals surface area contributed by atoms with Gasteiger partial charge in [0, 0.05) is 49.5 Å². The Balaban J connectivity index is 1.61. The summed E-state index contributed by atoms with van der Waals surface area (Å²) in [6.07, 6.45) is 0.598. The largest absolute Gasteiger partial charge is 0.481 e. The third kappa shape index (κ3) is 5.28. The summed E-state index contributed by atoms with van der Waals surface area (Å²) in [4.78, 5) is 43.0. The number of amides is 1. The molecule has 3 aliphatic rings. The van der Waals surface area contributed by atoms with E-state index in [4.69, 9.17) is 0 Å². The molecule has 1 amide bonds. The summed E-state index contributed by atoms with van der Waals surface area (Å²) < 4.78 is 0. The number of rotatable bonds is 7. The summed E-state index contributed by atoms with van der Waals surface area (Å²) in [5.41, 5.74) is 3.68. The number of carbonyl (C=O) groups is 3. The van der Waals surface area contributed by atoms with Crippen LogP contribution in [0.25, 0.3) is 0 Å². The first-order valence-corrected chi connectivity index (χ1v) is 14.9. The van der Waals surface area contributed by atoms with E-state index in [9.17, 15) is 24.6 Å². The van der Waals surface area contributed by atoms with Crippen molar-refractivity contribution in [3.05, 3.63) is 34.9 Å². The number of carboxylic acid groups (broad SMARTS) is 1. The molecule has 1 saturated heterocycles. The number of benzene rings is 1. The molecule has 0 aromatic heterocycles. The first-order valence-electron chi connectivity index (χ1n) is 13.9. The molecule has 1 aromatic rings. The van der Waals surface area contributed by atoms with E-state index in [-0.39, 0.29) is 51.9 Å². The van der Waals surface area contributed by atoms with E-state index in [0.29, 0.717) is 25.9 Å². The Kier molecular flexibility index (Phi) is 8.65. The minimum Gasteiger partial charge on any atom is -0.481 e. The summed E-state index contributed by atoms with van der Waals surface area (Å²) in [5.74, 6) is -2.45. The maximum absolute atomic E-state index is 13.2. The van der Waals surface area contributed by atoms with Crippen LogP contribution in [0.2, 0.25) is 0 Å². The average Bonchev–Trinajstić information content (AvgIpc) is 3.24. The molecule has 210 valence electrons. The van der Waals surface area contributed by atoms with E-state index in [2.05, 4.69) is 43.9 Å². The van der Waals surface area contributed by atoms with Gasteiger partial charge < -0.3 is 15.1 Å². The molecule has 2 saturated carbocycles. The van der Waals surface area contributed by atoms with Gasteiger partial charge in [0.25, 0.3) is 0 Å². The van der Waals surface area contributed by atoms with Gasteiger partial charge in [-0.3, -0.25) is 19.3 Å². The molecule has 1 heterocycles. The standard InChI is InChI=1S/C30H44N2O5S/c1-15-9-8-10-20(16(15)2)13-32-14-21(11-24(32)29(35)31(6)7)38-28-18(4)23-12-22(26(28)30(36)37)17(3)27(34)25(23)19(5)33/h8-10,17-19,21-26,28,33H,11-14H2,1-7H3,(H,36,37). The number of aryl methyl sites for hydroxylation is 1. The van der Waals surface area contributed by atoms with Crippen LogP contribution >= 0.6 is 11.8 Å². The molecule has 0 radical (unpaired) electrons. The van der Waals surface area contributed by atoms with Crippen molar-refractivity contribution in [1.29, 1.82) is 0 Å². The lowest BCUT2D eigenvalue weighted by molar-refractivity contribution is -0.157. The molecule has 1 aliphatic heterocycles. The SMILES string of the molecule is Cc1cccc(CN2CC(SC3C(C)C4CC(C(C)C(=O)C4C(C)O)C3C(=O)O)CC2C(=O)N(C)C)c1C. The van der Waals surface area contributed by atoms with Crippen LogP contribution in [-0.4, -0.2) is 81.0 Å². The van der Waals surface area contributed by atoms with Gasteiger partial charge in [-0.2, -0.15) is 11.8 Å². The number of thioether (sulfide) groups is 1. The molecule has 3 fully saturated rings. The molecular formula is C30H44N2O5S. The number of likely N-dealkylation sites (tertiary alicyclic amines) is 1. The molecule has 10 unspecified atom stereocenters. The third-order valence-corrected chi connectivity index (χ3v) is 11.5. The monoisotopic (exact) mass is 544 g/mol. The smallest absolute Gasteiger partial charge is 0.307 e. The van der Waals surface area contributed by atoms with Crippen molar-refractivity contribution < 1.29 is 24.6 Å². The lowest BCUT2D eigenvalue weighted by Gasteiger charge is -2.53. The van der Waals surface area contributed by atoms with E-state index in [1.54, 1.807) is 37.7 Å². The van der Waals surface area contributed by atoms with Gasteiger partial charge in [0.05, 0.1) is 18.1 Å². The lowest BCUT2D eigenvalue weighted by Crippen LogP contribution is -2.57. The maximum atomic E-state index is 13.2. The van der Waals surface area contributed by atoms with Gasteiger partial charge in [0.2, 0.25) is 5.91 Å². The molecule has 38 heavy (non-hydrogen) atoms. The van der Waals surface area contributed by atoms with Crippen molar-refractivity contribution in [3.63, 3.8) is 0 Å². The molecule has 8 heteroatoms. The summed E-state index contributed by atoms with van der Waals surface area (Å²) >= 11 is 1.71. The molecule has 4 rings (SSSR count). The zero-order chi connectivity index (χ0) is 28.0.